The van der Waals surface area contributed by atoms with Crippen molar-refractivity contribution in [3.63, 3.8) is 0 Å². The third kappa shape index (κ3) is 2.88. The van der Waals surface area contributed by atoms with Crippen molar-refractivity contribution in [2.24, 2.45) is 11.8 Å². The summed E-state index contributed by atoms with van der Waals surface area (Å²) in [5.74, 6) is 2.00. The predicted octanol–water partition coefficient (Wildman–Crippen LogP) is 1.72. The Kier molecular flexibility index (Phi) is 4.84. The fraction of sp³-hybridized carbons (Fsp3) is 0.533. The summed E-state index contributed by atoms with van der Waals surface area (Å²) in [6, 6.07) is 3.84. The molecule has 20 heavy (non-hydrogen) atoms. The second-order valence-corrected chi connectivity index (χ2v) is 4.84. The lowest BCUT2D eigenvalue weighted by Crippen LogP contribution is -2.16. The molecule has 0 aliphatic carbocycles. The van der Waals surface area contributed by atoms with Gasteiger partial charge in [0.1, 0.15) is 6.29 Å². The van der Waals surface area contributed by atoms with Crippen LogP contribution < -0.4 is 14.2 Å². The first-order valence-electron chi connectivity index (χ1n) is 6.55. The van der Waals surface area contributed by atoms with Gasteiger partial charge in [0.2, 0.25) is 5.75 Å². The standard InChI is InChI=1S/C15H20O5/c1-17-13-5-10(6-14(18-2)15(13)19-3)4-11-8-20-9-12(11)7-16/h5-7,11-12H,4,8-9H2,1-3H3/t11-,12-/m0/s1. The maximum Gasteiger partial charge on any atom is 0.203 e. The molecule has 1 aromatic carbocycles. The van der Waals surface area contributed by atoms with Gasteiger partial charge in [0, 0.05) is 5.92 Å². The van der Waals surface area contributed by atoms with Gasteiger partial charge in [0.05, 0.1) is 34.5 Å². The predicted molar refractivity (Wildman–Crippen MR) is 73.7 cm³/mol. The Balaban J connectivity index is 2.25. The van der Waals surface area contributed by atoms with Gasteiger partial charge >= 0.3 is 0 Å². The number of hydrogen-bond donors (Lipinski definition) is 0. The number of aldehydes is 1. The molecule has 5 heteroatoms. The zero-order chi connectivity index (χ0) is 14.5. The minimum Gasteiger partial charge on any atom is -0.493 e. The Hall–Kier alpha value is -1.75. The fourth-order valence-electron chi connectivity index (χ4n) is 2.53. The molecule has 0 saturated carbocycles. The van der Waals surface area contributed by atoms with E-state index < -0.39 is 0 Å². The third-order valence-electron chi connectivity index (χ3n) is 3.64. The molecule has 1 aliphatic rings. The minimum atomic E-state index is -0.0332. The molecule has 0 aromatic heterocycles. The molecule has 110 valence electrons. The largest absolute Gasteiger partial charge is 0.493 e. The summed E-state index contributed by atoms with van der Waals surface area (Å²) < 4.78 is 21.3. The van der Waals surface area contributed by atoms with Crippen LogP contribution in [0, 0.1) is 11.8 Å². The van der Waals surface area contributed by atoms with Crippen LogP contribution in [0.2, 0.25) is 0 Å². The summed E-state index contributed by atoms with van der Waals surface area (Å²) in [5.41, 5.74) is 1.04. The molecule has 0 N–H and O–H groups in total. The maximum absolute atomic E-state index is 11.0. The Morgan fingerprint density at radius 2 is 1.80 bits per heavy atom. The van der Waals surface area contributed by atoms with Gasteiger partial charge in [-0.25, -0.2) is 0 Å². The molecule has 5 nitrogen and oxygen atoms in total. The zero-order valence-corrected chi connectivity index (χ0v) is 12.0. The SMILES string of the molecule is COc1cc(C[C@H]2COC[C@@H]2C=O)cc(OC)c1OC. The van der Waals surface area contributed by atoms with E-state index in [0.717, 1.165) is 18.3 Å². The van der Waals surface area contributed by atoms with E-state index in [1.165, 1.54) is 0 Å². The highest BCUT2D eigenvalue weighted by Gasteiger charge is 2.28. The first-order chi connectivity index (χ1) is 9.73. The van der Waals surface area contributed by atoms with Gasteiger partial charge in [0.15, 0.2) is 11.5 Å². The van der Waals surface area contributed by atoms with Crippen LogP contribution >= 0.6 is 0 Å². The quantitative estimate of drug-likeness (QED) is 0.743. The summed E-state index contributed by atoms with van der Waals surface area (Å²) in [4.78, 5) is 11.0. The number of ether oxygens (including phenoxy) is 4. The van der Waals surface area contributed by atoms with Crippen LogP contribution in [0.5, 0.6) is 17.2 Å². The van der Waals surface area contributed by atoms with Crippen molar-refractivity contribution in [2.75, 3.05) is 34.5 Å². The van der Waals surface area contributed by atoms with Crippen LogP contribution in [0.15, 0.2) is 12.1 Å². The van der Waals surface area contributed by atoms with E-state index in [-0.39, 0.29) is 11.8 Å². The van der Waals surface area contributed by atoms with Crippen molar-refractivity contribution < 1.29 is 23.7 Å². The summed E-state index contributed by atoms with van der Waals surface area (Å²) in [6.45, 7) is 1.12. The van der Waals surface area contributed by atoms with Gasteiger partial charge in [-0.15, -0.1) is 0 Å². The molecule has 1 saturated heterocycles. The highest BCUT2D eigenvalue weighted by Crippen LogP contribution is 2.39. The van der Waals surface area contributed by atoms with Crippen molar-refractivity contribution in [1.29, 1.82) is 0 Å². The highest BCUT2D eigenvalue weighted by atomic mass is 16.5. The first-order valence-corrected chi connectivity index (χ1v) is 6.55. The van der Waals surface area contributed by atoms with E-state index in [1.54, 1.807) is 21.3 Å². The van der Waals surface area contributed by atoms with Gasteiger partial charge in [-0.1, -0.05) is 0 Å². The topological polar surface area (TPSA) is 54.0 Å². The normalized spacial score (nSPS) is 21.6. The van der Waals surface area contributed by atoms with Crippen molar-refractivity contribution in [2.45, 2.75) is 6.42 Å². The molecule has 0 bridgehead atoms. The zero-order valence-electron chi connectivity index (χ0n) is 12.0. The number of benzene rings is 1. The second-order valence-electron chi connectivity index (χ2n) is 4.84. The molecule has 2 rings (SSSR count). The average molecular weight is 280 g/mol. The number of carbonyl (C=O) groups excluding carboxylic acids is 1. The van der Waals surface area contributed by atoms with Gasteiger partial charge in [-0.05, 0) is 30.0 Å². The molecule has 0 spiro atoms. The lowest BCUT2D eigenvalue weighted by Gasteiger charge is -2.16. The van der Waals surface area contributed by atoms with Crippen molar-refractivity contribution in [3.8, 4) is 17.2 Å². The Morgan fingerprint density at radius 3 is 2.30 bits per heavy atom. The molecule has 0 radical (unpaired) electrons. The molecule has 1 aliphatic heterocycles. The number of hydrogen-bond acceptors (Lipinski definition) is 5. The first kappa shape index (κ1) is 14.7. The van der Waals surface area contributed by atoms with Gasteiger partial charge < -0.3 is 23.7 Å². The average Bonchev–Trinajstić information content (AvgIpc) is 2.93. The lowest BCUT2D eigenvalue weighted by molar-refractivity contribution is -0.111. The lowest BCUT2D eigenvalue weighted by atomic mass is 9.90. The molecular weight excluding hydrogens is 260 g/mol. The van der Waals surface area contributed by atoms with E-state index in [9.17, 15) is 4.79 Å². The van der Waals surface area contributed by atoms with Crippen molar-refractivity contribution in [3.05, 3.63) is 17.7 Å². The van der Waals surface area contributed by atoms with E-state index in [4.69, 9.17) is 18.9 Å². The van der Waals surface area contributed by atoms with Crippen molar-refractivity contribution in [1.82, 2.24) is 0 Å². The fourth-order valence-corrected chi connectivity index (χ4v) is 2.53. The monoisotopic (exact) mass is 280 g/mol. The molecule has 1 heterocycles. The number of rotatable bonds is 6. The minimum absolute atomic E-state index is 0.0332. The second kappa shape index (κ2) is 6.61. The van der Waals surface area contributed by atoms with Crippen LogP contribution in [-0.4, -0.2) is 40.8 Å². The molecule has 1 aromatic rings. The molecule has 0 amide bonds. The molecule has 2 atom stereocenters. The molecular formula is C15H20O5. The summed E-state index contributed by atoms with van der Waals surface area (Å²) >= 11 is 0. The van der Waals surface area contributed by atoms with Crippen LogP contribution in [-0.2, 0) is 16.0 Å². The summed E-state index contributed by atoms with van der Waals surface area (Å²) in [6.07, 6.45) is 1.73. The van der Waals surface area contributed by atoms with Crippen LogP contribution in [0.1, 0.15) is 5.56 Å². The van der Waals surface area contributed by atoms with E-state index in [2.05, 4.69) is 0 Å². The van der Waals surface area contributed by atoms with E-state index in [0.29, 0.717) is 30.5 Å². The van der Waals surface area contributed by atoms with Crippen molar-refractivity contribution >= 4 is 6.29 Å². The number of methoxy groups -OCH3 is 3. The van der Waals surface area contributed by atoms with Crippen LogP contribution in [0.25, 0.3) is 0 Å². The van der Waals surface area contributed by atoms with Gasteiger partial charge in [-0.3, -0.25) is 0 Å². The highest BCUT2D eigenvalue weighted by molar-refractivity contribution is 5.56. The maximum atomic E-state index is 11.0. The summed E-state index contributed by atoms with van der Waals surface area (Å²) in [7, 11) is 4.76. The summed E-state index contributed by atoms with van der Waals surface area (Å²) in [5, 5.41) is 0. The van der Waals surface area contributed by atoms with E-state index >= 15 is 0 Å². The Morgan fingerprint density at radius 1 is 1.15 bits per heavy atom. The number of carbonyl (C=O) groups is 1. The Labute approximate surface area is 118 Å². The third-order valence-corrected chi connectivity index (χ3v) is 3.64. The van der Waals surface area contributed by atoms with Crippen LogP contribution in [0.3, 0.4) is 0 Å². The van der Waals surface area contributed by atoms with Crippen LogP contribution in [0.4, 0.5) is 0 Å². The Bertz CT molecular complexity index is 446. The molecule has 0 unspecified atom stereocenters. The van der Waals surface area contributed by atoms with Gasteiger partial charge in [-0.2, -0.15) is 0 Å². The smallest absolute Gasteiger partial charge is 0.203 e. The van der Waals surface area contributed by atoms with Gasteiger partial charge in [0.25, 0.3) is 0 Å². The molecule has 1 fully saturated rings. The van der Waals surface area contributed by atoms with E-state index in [1.807, 2.05) is 12.1 Å².